The van der Waals surface area contributed by atoms with Crippen LogP contribution in [0.1, 0.15) is 62.1 Å². The Labute approximate surface area is 174 Å². The molecule has 2 unspecified atom stereocenters. The zero-order valence-corrected chi connectivity index (χ0v) is 17.6. The fraction of sp³-hybridized carbons (Fsp3) is 0.480. The van der Waals surface area contributed by atoms with E-state index in [0.717, 1.165) is 62.1 Å². The second-order valence-electron chi connectivity index (χ2n) is 8.64. The molecule has 0 radical (unpaired) electrons. The van der Waals surface area contributed by atoms with Crippen molar-refractivity contribution in [3.05, 3.63) is 65.7 Å². The van der Waals surface area contributed by atoms with Crippen LogP contribution in [0.5, 0.6) is 5.75 Å². The molecule has 4 nitrogen and oxygen atoms in total. The summed E-state index contributed by atoms with van der Waals surface area (Å²) in [6.45, 7) is 4.21. The first-order valence-corrected chi connectivity index (χ1v) is 10.9. The number of amides is 1. The van der Waals surface area contributed by atoms with Crippen LogP contribution < -0.4 is 10.1 Å². The highest BCUT2D eigenvalue weighted by atomic mass is 16.5. The number of piperidine rings is 1. The number of likely N-dealkylation sites (tertiary alicyclic amines) is 1. The first-order chi connectivity index (χ1) is 14.1. The van der Waals surface area contributed by atoms with Crippen molar-refractivity contribution in [2.75, 3.05) is 20.1 Å². The van der Waals surface area contributed by atoms with E-state index >= 15 is 0 Å². The van der Waals surface area contributed by atoms with Crippen LogP contribution in [0.15, 0.2) is 54.6 Å². The first-order valence-electron chi connectivity index (χ1n) is 10.9. The fourth-order valence-electron chi connectivity index (χ4n) is 4.77. The van der Waals surface area contributed by atoms with Crippen LogP contribution in [0.2, 0.25) is 0 Å². The van der Waals surface area contributed by atoms with Crippen molar-refractivity contribution in [3.8, 4) is 5.75 Å². The van der Waals surface area contributed by atoms with E-state index in [4.69, 9.17) is 4.74 Å². The number of nitrogens with one attached hydrogen (secondary N) is 1. The van der Waals surface area contributed by atoms with Crippen molar-refractivity contribution >= 4 is 5.91 Å². The lowest BCUT2D eigenvalue weighted by Crippen LogP contribution is -2.51. The van der Waals surface area contributed by atoms with E-state index in [2.05, 4.69) is 48.5 Å². The summed E-state index contributed by atoms with van der Waals surface area (Å²) >= 11 is 0. The molecule has 1 fully saturated rings. The standard InChI is InChI=1S/C25H32N2O2/c1-3-9-20(19-10-5-4-6-11-19)24(28)26-22-18-25(14-16-27(2)17-15-25)29-23-13-8-7-12-21(22)23/h4-8,10-13,20,22H,3,9,14-18H2,1-2H3,(H,26,28). The maximum Gasteiger partial charge on any atom is 0.228 e. The normalized spacial score (nSPS) is 21.8. The minimum atomic E-state index is -0.175. The highest BCUT2D eigenvalue weighted by molar-refractivity contribution is 5.84. The number of rotatable bonds is 5. The Morgan fingerprint density at radius 2 is 1.83 bits per heavy atom. The fourth-order valence-corrected chi connectivity index (χ4v) is 4.77. The molecule has 1 N–H and O–H groups in total. The highest BCUT2D eigenvalue weighted by Crippen LogP contribution is 2.44. The summed E-state index contributed by atoms with van der Waals surface area (Å²) < 4.78 is 6.54. The van der Waals surface area contributed by atoms with E-state index in [-0.39, 0.29) is 23.5 Å². The molecule has 2 atom stereocenters. The Balaban J connectivity index is 1.58. The Morgan fingerprint density at radius 1 is 1.14 bits per heavy atom. The third-order valence-electron chi connectivity index (χ3n) is 6.51. The number of hydrogen-bond acceptors (Lipinski definition) is 3. The number of fused-ring (bicyclic) bond motifs is 1. The summed E-state index contributed by atoms with van der Waals surface area (Å²) in [6, 6.07) is 18.4. The molecule has 1 spiro atoms. The van der Waals surface area contributed by atoms with Gasteiger partial charge in [-0.25, -0.2) is 0 Å². The van der Waals surface area contributed by atoms with Gasteiger partial charge in [-0.1, -0.05) is 61.9 Å². The summed E-state index contributed by atoms with van der Waals surface area (Å²) in [6.07, 6.45) is 4.68. The molecule has 2 heterocycles. The monoisotopic (exact) mass is 392 g/mol. The summed E-state index contributed by atoms with van der Waals surface area (Å²) in [7, 11) is 2.16. The Morgan fingerprint density at radius 3 is 2.55 bits per heavy atom. The average Bonchev–Trinajstić information content (AvgIpc) is 2.75. The Bertz CT molecular complexity index is 828. The SMILES string of the molecule is CCCC(C(=O)NC1CC2(CCN(C)CC2)Oc2ccccc21)c1ccccc1. The predicted molar refractivity (Wildman–Crippen MR) is 116 cm³/mol. The first kappa shape index (κ1) is 20.0. The molecule has 2 aromatic carbocycles. The van der Waals surface area contributed by atoms with Gasteiger partial charge in [0.15, 0.2) is 0 Å². The minimum absolute atomic E-state index is 0.000996. The zero-order chi connectivity index (χ0) is 20.3. The van der Waals surface area contributed by atoms with Gasteiger partial charge in [0, 0.05) is 25.1 Å². The van der Waals surface area contributed by atoms with E-state index in [1.165, 1.54) is 0 Å². The van der Waals surface area contributed by atoms with Crippen molar-refractivity contribution < 1.29 is 9.53 Å². The quantitative estimate of drug-likeness (QED) is 0.804. The van der Waals surface area contributed by atoms with Crippen LogP contribution in [0.25, 0.3) is 0 Å². The molecule has 4 rings (SSSR count). The van der Waals surface area contributed by atoms with Crippen LogP contribution >= 0.6 is 0 Å². The van der Waals surface area contributed by atoms with Gasteiger partial charge >= 0.3 is 0 Å². The molecule has 154 valence electrons. The molecule has 0 aromatic heterocycles. The molecule has 1 saturated heterocycles. The molecule has 2 aliphatic heterocycles. The van der Waals surface area contributed by atoms with Crippen molar-refractivity contribution in [1.82, 2.24) is 10.2 Å². The van der Waals surface area contributed by atoms with Crippen molar-refractivity contribution in [2.45, 2.75) is 56.6 Å². The predicted octanol–water partition coefficient (Wildman–Crippen LogP) is 4.67. The third kappa shape index (κ3) is 4.32. The molecule has 1 amide bonds. The van der Waals surface area contributed by atoms with Crippen LogP contribution in [0.4, 0.5) is 0 Å². The van der Waals surface area contributed by atoms with E-state index in [9.17, 15) is 4.79 Å². The molecule has 2 aromatic rings. The molecule has 0 aliphatic carbocycles. The van der Waals surface area contributed by atoms with Gasteiger partial charge in [0.05, 0.1) is 12.0 Å². The third-order valence-corrected chi connectivity index (χ3v) is 6.51. The average molecular weight is 393 g/mol. The second kappa shape index (κ2) is 8.58. The van der Waals surface area contributed by atoms with Crippen LogP contribution in [-0.4, -0.2) is 36.5 Å². The lowest BCUT2D eigenvalue weighted by Gasteiger charge is -2.46. The Hall–Kier alpha value is -2.33. The van der Waals surface area contributed by atoms with Gasteiger partial charge in [0.2, 0.25) is 5.91 Å². The molecule has 0 saturated carbocycles. The highest BCUT2D eigenvalue weighted by Gasteiger charge is 2.43. The largest absolute Gasteiger partial charge is 0.487 e. The van der Waals surface area contributed by atoms with Gasteiger partial charge in [-0.15, -0.1) is 0 Å². The number of carbonyl (C=O) groups is 1. The second-order valence-corrected chi connectivity index (χ2v) is 8.64. The summed E-state index contributed by atoms with van der Waals surface area (Å²) in [5.41, 5.74) is 2.03. The number of hydrogen-bond donors (Lipinski definition) is 1. The topological polar surface area (TPSA) is 41.6 Å². The molecule has 4 heteroatoms. The Kier molecular flexibility index (Phi) is 5.91. The zero-order valence-electron chi connectivity index (χ0n) is 17.6. The maximum absolute atomic E-state index is 13.4. The lowest BCUT2D eigenvalue weighted by molar-refractivity contribution is -0.124. The van der Waals surface area contributed by atoms with Gasteiger partial charge in [-0.05, 0) is 37.9 Å². The van der Waals surface area contributed by atoms with Crippen molar-refractivity contribution in [2.24, 2.45) is 0 Å². The van der Waals surface area contributed by atoms with Gasteiger partial charge in [0.25, 0.3) is 0 Å². The molecular weight excluding hydrogens is 360 g/mol. The number of nitrogens with zero attached hydrogens (tertiary/aromatic N) is 1. The molecule has 2 aliphatic rings. The van der Waals surface area contributed by atoms with Gasteiger partial charge < -0.3 is 15.0 Å². The molecular formula is C25H32N2O2. The summed E-state index contributed by atoms with van der Waals surface area (Å²) in [5, 5.41) is 3.41. The lowest BCUT2D eigenvalue weighted by atomic mass is 9.80. The smallest absolute Gasteiger partial charge is 0.228 e. The van der Waals surface area contributed by atoms with E-state index < -0.39 is 0 Å². The van der Waals surface area contributed by atoms with Gasteiger partial charge in [0.1, 0.15) is 11.4 Å². The number of benzene rings is 2. The van der Waals surface area contributed by atoms with E-state index in [1.54, 1.807) is 0 Å². The molecule has 0 bridgehead atoms. The van der Waals surface area contributed by atoms with Gasteiger partial charge in [-0.2, -0.15) is 0 Å². The number of para-hydroxylation sites is 1. The van der Waals surface area contributed by atoms with E-state index in [0.29, 0.717) is 0 Å². The number of ether oxygens (including phenoxy) is 1. The summed E-state index contributed by atoms with van der Waals surface area (Å²) in [5.74, 6) is 0.952. The van der Waals surface area contributed by atoms with Crippen LogP contribution in [-0.2, 0) is 4.79 Å². The molecule has 29 heavy (non-hydrogen) atoms. The van der Waals surface area contributed by atoms with Crippen molar-refractivity contribution in [1.29, 1.82) is 0 Å². The van der Waals surface area contributed by atoms with Crippen LogP contribution in [0, 0.1) is 0 Å². The van der Waals surface area contributed by atoms with Crippen LogP contribution in [0.3, 0.4) is 0 Å². The maximum atomic E-state index is 13.4. The summed E-state index contributed by atoms with van der Waals surface area (Å²) in [4.78, 5) is 15.7. The van der Waals surface area contributed by atoms with E-state index in [1.807, 2.05) is 30.3 Å². The van der Waals surface area contributed by atoms with Crippen molar-refractivity contribution in [3.63, 3.8) is 0 Å². The minimum Gasteiger partial charge on any atom is -0.487 e. The van der Waals surface area contributed by atoms with Gasteiger partial charge in [-0.3, -0.25) is 4.79 Å². The number of carbonyl (C=O) groups excluding carboxylic acids is 1.